The van der Waals surface area contributed by atoms with E-state index >= 15 is 0 Å². The van der Waals surface area contributed by atoms with E-state index in [1.54, 1.807) is 0 Å². The van der Waals surface area contributed by atoms with Gasteiger partial charge in [-0.1, -0.05) is 6.58 Å². The summed E-state index contributed by atoms with van der Waals surface area (Å²) in [5.41, 5.74) is 0. The molecule has 0 aliphatic carbocycles. The smallest absolute Gasteiger partial charge is 1.00 e. The predicted molar refractivity (Wildman–Crippen MR) is 18.9 cm³/mol. The number of carboxylic acids is 1. The Balaban J connectivity index is -0.0000000800. The number of hydrogen-bond donors (Lipinski definition) is 1. The van der Waals surface area contributed by atoms with Gasteiger partial charge in [-0.3, -0.25) is 0 Å². The van der Waals surface area contributed by atoms with E-state index in [-0.39, 0.29) is 20.3 Å². The van der Waals surface area contributed by atoms with Crippen LogP contribution in [0.1, 0.15) is 1.43 Å². The molecule has 6 heavy (non-hydrogen) atoms. The summed E-state index contributed by atoms with van der Waals surface area (Å²) < 4.78 is 0. The summed E-state index contributed by atoms with van der Waals surface area (Å²) in [5, 5.41) is 7.60. The maximum Gasteiger partial charge on any atom is 1.00 e. The van der Waals surface area contributed by atoms with E-state index in [9.17, 15) is 4.79 Å². The van der Waals surface area contributed by atoms with Gasteiger partial charge in [0.1, 0.15) is 0 Å². The Morgan fingerprint density at radius 1 is 2.00 bits per heavy atom. The number of carbonyl (C=O) groups is 1. The molecule has 0 aromatic heterocycles. The standard InChI is InChI=1S/C3H4O2.Li.H/c1-2-3(4)5;;/h2H,1H2,(H,4,5);;/q;+1;-1. The van der Waals surface area contributed by atoms with Gasteiger partial charge in [-0.2, -0.15) is 0 Å². The molecule has 0 bridgehead atoms. The molecule has 0 aromatic carbocycles. The van der Waals surface area contributed by atoms with Crippen LogP contribution in [0.4, 0.5) is 0 Å². The third kappa shape index (κ3) is 9.19. The summed E-state index contributed by atoms with van der Waals surface area (Å²) in [5.74, 6) is -0.981. The van der Waals surface area contributed by atoms with Crippen molar-refractivity contribution in [3.8, 4) is 0 Å². The average molecular weight is 80.0 g/mol. The Bertz CT molecular complexity index is 64.0. The van der Waals surface area contributed by atoms with Gasteiger partial charge in [-0.15, -0.1) is 0 Å². The molecule has 0 unspecified atom stereocenters. The second-order valence-corrected chi connectivity index (χ2v) is 0.542. The number of aliphatic carboxylic acids is 1. The van der Waals surface area contributed by atoms with Gasteiger partial charge < -0.3 is 6.53 Å². The normalized spacial score (nSPS) is 5.33. The molecule has 0 aliphatic heterocycles. The van der Waals surface area contributed by atoms with Gasteiger partial charge in [0, 0.05) is 6.08 Å². The molecule has 0 aliphatic rings. The third-order valence-electron chi connectivity index (χ3n) is 0.175. The molecule has 0 heterocycles. The molecule has 0 rings (SSSR count). The predicted octanol–water partition coefficient (Wildman–Crippen LogP) is -2.63. The van der Waals surface area contributed by atoms with Crippen molar-refractivity contribution >= 4 is 5.97 Å². The van der Waals surface area contributed by atoms with E-state index in [0.717, 1.165) is 6.08 Å². The van der Waals surface area contributed by atoms with Crippen molar-refractivity contribution in [2.45, 2.75) is 0 Å². The van der Waals surface area contributed by atoms with Crippen molar-refractivity contribution in [1.82, 2.24) is 0 Å². The average Bonchev–Trinajstić information content (AvgIpc) is 1.38. The molecular formula is C3H5LiO2. The minimum atomic E-state index is -0.981. The Labute approximate surface area is 49.5 Å². The second kappa shape index (κ2) is 4.81. The number of carboxylic acid groups (broad SMARTS) is 1. The van der Waals surface area contributed by atoms with Crippen molar-refractivity contribution in [2.75, 3.05) is 0 Å². The van der Waals surface area contributed by atoms with Crippen LogP contribution in [0.2, 0.25) is 0 Å². The summed E-state index contributed by atoms with van der Waals surface area (Å²) >= 11 is 0. The van der Waals surface area contributed by atoms with E-state index < -0.39 is 5.97 Å². The first kappa shape index (κ1) is 9.26. The summed E-state index contributed by atoms with van der Waals surface area (Å²) in [6, 6.07) is 0. The Morgan fingerprint density at radius 3 is 2.17 bits per heavy atom. The van der Waals surface area contributed by atoms with Gasteiger partial charge in [0.15, 0.2) is 0 Å². The van der Waals surface area contributed by atoms with Crippen LogP contribution in [-0.4, -0.2) is 11.1 Å². The van der Waals surface area contributed by atoms with Crippen LogP contribution < -0.4 is 18.9 Å². The first-order chi connectivity index (χ1) is 2.27. The van der Waals surface area contributed by atoms with Crippen LogP contribution in [-0.2, 0) is 4.79 Å². The van der Waals surface area contributed by atoms with Crippen molar-refractivity contribution in [1.29, 1.82) is 0 Å². The van der Waals surface area contributed by atoms with Crippen LogP contribution in [0.5, 0.6) is 0 Å². The van der Waals surface area contributed by atoms with Gasteiger partial charge >= 0.3 is 24.8 Å². The first-order valence-electron chi connectivity index (χ1n) is 1.12. The van der Waals surface area contributed by atoms with E-state index in [2.05, 4.69) is 6.58 Å². The maximum atomic E-state index is 9.25. The topological polar surface area (TPSA) is 37.3 Å². The SMILES string of the molecule is C=CC(=O)O.[H-].[Li+]. The number of rotatable bonds is 1. The van der Waals surface area contributed by atoms with Gasteiger partial charge in [0.25, 0.3) is 0 Å². The van der Waals surface area contributed by atoms with E-state index in [0.29, 0.717) is 0 Å². The molecular weight excluding hydrogens is 75.0 g/mol. The Hall–Kier alpha value is -0.193. The summed E-state index contributed by atoms with van der Waals surface area (Å²) in [6.07, 6.45) is 0.833. The molecule has 3 heteroatoms. The maximum absolute atomic E-state index is 9.25. The van der Waals surface area contributed by atoms with Crippen LogP contribution >= 0.6 is 0 Å². The molecule has 0 saturated heterocycles. The summed E-state index contributed by atoms with van der Waals surface area (Å²) in [6.45, 7) is 2.96. The van der Waals surface area contributed by atoms with Crippen LogP contribution in [0.3, 0.4) is 0 Å². The van der Waals surface area contributed by atoms with Gasteiger partial charge in [0.05, 0.1) is 0 Å². The quantitative estimate of drug-likeness (QED) is 0.276. The summed E-state index contributed by atoms with van der Waals surface area (Å²) in [7, 11) is 0. The van der Waals surface area contributed by atoms with Crippen molar-refractivity contribution in [2.24, 2.45) is 0 Å². The van der Waals surface area contributed by atoms with Gasteiger partial charge in [-0.25, -0.2) is 4.79 Å². The van der Waals surface area contributed by atoms with Gasteiger partial charge in [-0.05, 0) is 0 Å². The molecule has 0 aromatic rings. The van der Waals surface area contributed by atoms with Crippen LogP contribution in [0, 0.1) is 0 Å². The van der Waals surface area contributed by atoms with Crippen molar-refractivity contribution < 1.29 is 30.2 Å². The largest absolute Gasteiger partial charge is 1.00 e. The summed E-state index contributed by atoms with van der Waals surface area (Å²) in [4.78, 5) is 9.25. The number of hydrogen-bond acceptors (Lipinski definition) is 1. The minimum absolute atomic E-state index is 0. The fourth-order valence-corrected chi connectivity index (χ4v) is 0. The second-order valence-electron chi connectivity index (χ2n) is 0.542. The zero-order chi connectivity index (χ0) is 4.28. The third-order valence-corrected chi connectivity index (χ3v) is 0.175. The molecule has 30 valence electrons. The molecule has 1 N–H and O–H groups in total. The van der Waals surface area contributed by atoms with Crippen LogP contribution in [0.15, 0.2) is 12.7 Å². The van der Waals surface area contributed by atoms with Crippen molar-refractivity contribution in [3.05, 3.63) is 12.7 Å². The zero-order valence-electron chi connectivity index (χ0n) is 4.64. The van der Waals surface area contributed by atoms with E-state index in [1.807, 2.05) is 0 Å². The molecule has 0 saturated carbocycles. The monoisotopic (exact) mass is 80.0 g/mol. The van der Waals surface area contributed by atoms with Crippen LogP contribution in [0.25, 0.3) is 0 Å². The Morgan fingerprint density at radius 2 is 2.17 bits per heavy atom. The molecule has 0 amide bonds. The van der Waals surface area contributed by atoms with Gasteiger partial charge in [0.2, 0.25) is 0 Å². The van der Waals surface area contributed by atoms with E-state index in [1.165, 1.54) is 0 Å². The molecule has 0 radical (unpaired) electrons. The van der Waals surface area contributed by atoms with E-state index in [4.69, 9.17) is 5.11 Å². The molecule has 0 spiro atoms. The fourth-order valence-electron chi connectivity index (χ4n) is 0. The Kier molecular flexibility index (Phi) is 7.42. The van der Waals surface area contributed by atoms with Crippen molar-refractivity contribution in [3.63, 3.8) is 0 Å². The minimum Gasteiger partial charge on any atom is -1.00 e. The molecule has 0 atom stereocenters. The zero-order valence-corrected chi connectivity index (χ0v) is 3.64. The molecule has 0 fully saturated rings. The first-order valence-corrected chi connectivity index (χ1v) is 1.12. The fraction of sp³-hybridized carbons (Fsp3) is 0. The molecule has 2 nitrogen and oxygen atoms in total.